The molecule has 5 rings (SSSR count). The smallest absolute Gasteiger partial charge is 0.276 e. The summed E-state index contributed by atoms with van der Waals surface area (Å²) in [5.74, 6) is -0.0280. The van der Waals surface area contributed by atoms with E-state index in [-0.39, 0.29) is 5.91 Å². The summed E-state index contributed by atoms with van der Waals surface area (Å²) in [6.07, 6.45) is 5.97. The fourth-order valence-corrected chi connectivity index (χ4v) is 5.01. The molecule has 0 unspecified atom stereocenters. The number of likely N-dealkylation sites (tertiary alicyclic amines) is 2. The number of amides is 1. The Labute approximate surface area is 195 Å². The monoisotopic (exact) mass is 445 g/mol. The summed E-state index contributed by atoms with van der Waals surface area (Å²) in [6, 6.07) is 21.0. The number of nitrogens with zero attached hydrogens (tertiary/aromatic N) is 5. The van der Waals surface area contributed by atoms with Crippen LogP contribution in [-0.2, 0) is 11.3 Å². The SMILES string of the molecule is O=C(c1cnn(-c2ccccc2)n1)N1CCC(N2CCC[C@H]2COCc2ccccc2)CC1. The lowest BCUT2D eigenvalue weighted by Crippen LogP contribution is -2.49. The molecular weight excluding hydrogens is 414 g/mol. The van der Waals surface area contributed by atoms with E-state index in [1.54, 1.807) is 6.20 Å². The van der Waals surface area contributed by atoms with Crippen LogP contribution in [0.5, 0.6) is 0 Å². The first-order valence-electron chi connectivity index (χ1n) is 11.9. The van der Waals surface area contributed by atoms with Gasteiger partial charge in [0, 0.05) is 25.2 Å². The molecule has 0 N–H and O–H groups in total. The summed E-state index contributed by atoms with van der Waals surface area (Å²) in [4.78, 5) is 19.1. The molecular formula is C26H31N5O2. The Morgan fingerprint density at radius 1 is 0.939 bits per heavy atom. The van der Waals surface area contributed by atoms with Crippen molar-refractivity contribution in [2.45, 2.75) is 44.4 Å². The van der Waals surface area contributed by atoms with E-state index in [1.165, 1.54) is 23.2 Å². The van der Waals surface area contributed by atoms with Gasteiger partial charge in [-0.2, -0.15) is 9.90 Å². The molecule has 2 aliphatic heterocycles. The maximum atomic E-state index is 13.0. The minimum absolute atomic E-state index is 0.0280. The summed E-state index contributed by atoms with van der Waals surface area (Å²) >= 11 is 0. The normalized spacial score (nSPS) is 19.8. The number of rotatable bonds is 7. The van der Waals surface area contributed by atoms with Crippen molar-refractivity contribution in [3.05, 3.63) is 78.1 Å². The first-order valence-corrected chi connectivity index (χ1v) is 11.9. The molecule has 7 heteroatoms. The number of para-hydroxylation sites is 1. The summed E-state index contributed by atoms with van der Waals surface area (Å²) in [6.45, 7) is 4.09. The van der Waals surface area contributed by atoms with Crippen LogP contribution in [-0.4, -0.2) is 69.0 Å². The highest BCUT2D eigenvalue weighted by molar-refractivity contribution is 5.92. The van der Waals surface area contributed by atoms with E-state index in [2.05, 4.69) is 39.4 Å². The Hall–Kier alpha value is -3.03. The van der Waals surface area contributed by atoms with Crippen LogP contribution in [0.1, 0.15) is 41.7 Å². The lowest BCUT2D eigenvalue weighted by Gasteiger charge is -2.39. The number of carbonyl (C=O) groups excluding carboxylic acids is 1. The zero-order valence-corrected chi connectivity index (χ0v) is 18.9. The van der Waals surface area contributed by atoms with E-state index >= 15 is 0 Å². The Balaban J connectivity index is 1.12. The quantitative estimate of drug-likeness (QED) is 0.557. The zero-order chi connectivity index (χ0) is 22.5. The van der Waals surface area contributed by atoms with Crippen molar-refractivity contribution in [3.63, 3.8) is 0 Å². The molecule has 0 aliphatic carbocycles. The van der Waals surface area contributed by atoms with Gasteiger partial charge in [0.2, 0.25) is 0 Å². The third-order valence-corrected chi connectivity index (χ3v) is 6.76. The minimum Gasteiger partial charge on any atom is -0.375 e. The van der Waals surface area contributed by atoms with Gasteiger partial charge >= 0.3 is 0 Å². The molecule has 0 spiro atoms. The maximum Gasteiger partial charge on any atom is 0.276 e. The Morgan fingerprint density at radius 2 is 1.67 bits per heavy atom. The second-order valence-corrected chi connectivity index (χ2v) is 8.91. The molecule has 1 aromatic heterocycles. The summed E-state index contributed by atoms with van der Waals surface area (Å²) < 4.78 is 6.06. The molecule has 0 radical (unpaired) electrons. The highest BCUT2D eigenvalue weighted by Gasteiger charge is 2.34. The predicted octanol–water partition coefficient (Wildman–Crippen LogP) is 3.55. The van der Waals surface area contributed by atoms with E-state index < -0.39 is 0 Å². The van der Waals surface area contributed by atoms with Crippen LogP contribution in [0.4, 0.5) is 0 Å². The highest BCUT2D eigenvalue weighted by Crippen LogP contribution is 2.27. The lowest BCUT2D eigenvalue weighted by atomic mass is 10.0. The van der Waals surface area contributed by atoms with Crippen LogP contribution in [0, 0.1) is 0 Å². The van der Waals surface area contributed by atoms with Gasteiger partial charge in [0.05, 0.1) is 25.1 Å². The third-order valence-electron chi connectivity index (χ3n) is 6.76. The fourth-order valence-electron chi connectivity index (χ4n) is 5.01. The van der Waals surface area contributed by atoms with Crippen LogP contribution in [0.2, 0.25) is 0 Å². The average Bonchev–Trinajstić information content (AvgIpc) is 3.55. The molecule has 0 saturated carbocycles. The molecule has 172 valence electrons. The molecule has 2 fully saturated rings. The standard InChI is InChI=1S/C26H31N5O2/c32-26(25-18-27-31(28-25)23-10-5-2-6-11-23)29-16-13-22(14-17-29)30-15-7-12-24(30)20-33-19-21-8-3-1-4-9-21/h1-6,8-11,18,22,24H,7,12-17,19-20H2/t24-/m0/s1. The summed E-state index contributed by atoms with van der Waals surface area (Å²) in [5.41, 5.74) is 2.48. The molecule has 2 saturated heterocycles. The van der Waals surface area contributed by atoms with Gasteiger partial charge in [0.15, 0.2) is 5.69 Å². The van der Waals surface area contributed by atoms with Gasteiger partial charge in [0.25, 0.3) is 5.91 Å². The maximum absolute atomic E-state index is 13.0. The number of hydrogen-bond acceptors (Lipinski definition) is 5. The van der Waals surface area contributed by atoms with Crippen LogP contribution < -0.4 is 0 Å². The molecule has 1 atom stereocenters. The van der Waals surface area contributed by atoms with Crippen molar-refractivity contribution in [2.24, 2.45) is 0 Å². The number of aromatic nitrogens is 3. The molecule has 2 aliphatic rings. The molecule has 3 heterocycles. The number of hydrogen-bond donors (Lipinski definition) is 0. The number of ether oxygens (including phenoxy) is 1. The first kappa shape index (κ1) is 21.8. The Morgan fingerprint density at radius 3 is 2.42 bits per heavy atom. The van der Waals surface area contributed by atoms with Crippen molar-refractivity contribution in [2.75, 3.05) is 26.2 Å². The molecule has 0 bridgehead atoms. The van der Waals surface area contributed by atoms with Crippen molar-refractivity contribution in [1.29, 1.82) is 0 Å². The second-order valence-electron chi connectivity index (χ2n) is 8.91. The van der Waals surface area contributed by atoms with E-state index in [4.69, 9.17) is 4.74 Å². The largest absolute Gasteiger partial charge is 0.375 e. The van der Waals surface area contributed by atoms with E-state index in [1.807, 2.05) is 41.3 Å². The van der Waals surface area contributed by atoms with Crippen molar-refractivity contribution < 1.29 is 9.53 Å². The van der Waals surface area contributed by atoms with Crippen molar-refractivity contribution >= 4 is 5.91 Å². The zero-order valence-electron chi connectivity index (χ0n) is 18.9. The molecule has 3 aromatic rings. The fraction of sp³-hybridized carbons (Fsp3) is 0.423. The average molecular weight is 446 g/mol. The highest BCUT2D eigenvalue weighted by atomic mass is 16.5. The van der Waals surface area contributed by atoms with Gasteiger partial charge in [0.1, 0.15) is 0 Å². The first-order chi connectivity index (χ1) is 16.3. The lowest BCUT2D eigenvalue weighted by molar-refractivity contribution is 0.0313. The second kappa shape index (κ2) is 10.3. The predicted molar refractivity (Wildman–Crippen MR) is 126 cm³/mol. The van der Waals surface area contributed by atoms with Crippen LogP contribution >= 0.6 is 0 Å². The van der Waals surface area contributed by atoms with Crippen LogP contribution in [0.25, 0.3) is 5.69 Å². The third kappa shape index (κ3) is 5.15. The molecule has 1 amide bonds. The van der Waals surface area contributed by atoms with E-state index in [9.17, 15) is 4.79 Å². The van der Waals surface area contributed by atoms with Crippen LogP contribution in [0.15, 0.2) is 66.9 Å². The molecule has 2 aromatic carbocycles. The summed E-state index contributed by atoms with van der Waals surface area (Å²) in [5, 5.41) is 8.69. The number of piperidine rings is 1. The van der Waals surface area contributed by atoms with Gasteiger partial charge in [-0.1, -0.05) is 48.5 Å². The van der Waals surface area contributed by atoms with Crippen LogP contribution in [0.3, 0.4) is 0 Å². The van der Waals surface area contributed by atoms with Crippen molar-refractivity contribution in [1.82, 2.24) is 24.8 Å². The number of benzene rings is 2. The van der Waals surface area contributed by atoms with Gasteiger partial charge in [-0.15, -0.1) is 5.10 Å². The molecule has 33 heavy (non-hydrogen) atoms. The van der Waals surface area contributed by atoms with Gasteiger partial charge in [-0.25, -0.2) is 0 Å². The number of carbonyl (C=O) groups is 1. The van der Waals surface area contributed by atoms with Crippen molar-refractivity contribution in [3.8, 4) is 5.69 Å². The topological polar surface area (TPSA) is 63.5 Å². The van der Waals surface area contributed by atoms with Gasteiger partial charge in [-0.3, -0.25) is 9.69 Å². The minimum atomic E-state index is -0.0280. The Kier molecular flexibility index (Phi) is 6.79. The van der Waals surface area contributed by atoms with Gasteiger partial charge in [-0.05, 0) is 49.9 Å². The van der Waals surface area contributed by atoms with E-state index in [0.717, 1.165) is 44.8 Å². The Bertz CT molecular complexity index is 1030. The van der Waals surface area contributed by atoms with E-state index in [0.29, 0.717) is 24.4 Å². The molecule has 7 nitrogen and oxygen atoms in total. The summed E-state index contributed by atoms with van der Waals surface area (Å²) in [7, 11) is 0. The van der Waals surface area contributed by atoms with Gasteiger partial charge < -0.3 is 9.64 Å².